The van der Waals surface area contributed by atoms with Crippen molar-refractivity contribution in [3.8, 4) is 0 Å². The average molecular weight is 321 g/mol. The van der Waals surface area contributed by atoms with E-state index < -0.39 is 42.2 Å². The predicted molar refractivity (Wildman–Crippen MR) is 80.5 cm³/mol. The minimum Gasteiger partial charge on any atom is -0.600 e. The Morgan fingerprint density at radius 2 is 1.73 bits per heavy atom. The monoisotopic (exact) mass is 321 g/mol. The number of hydrogen-bond acceptors (Lipinski definition) is 6. The number of hydroxylamine groups is 1. The van der Waals surface area contributed by atoms with E-state index in [4.69, 9.17) is 12.2 Å². The fraction of sp³-hybridized carbons (Fsp3) is 0.857. The maximum Gasteiger partial charge on any atom is 0.408 e. The molecule has 0 aromatic heterocycles. The molecule has 0 saturated carbocycles. The second-order valence-electron chi connectivity index (χ2n) is 6.57. The molecule has 0 aliphatic heterocycles. The Bertz CT molecular complexity index is 496. The van der Waals surface area contributed by atoms with Crippen molar-refractivity contribution in [1.29, 1.82) is 0 Å². The first-order valence-electron chi connectivity index (χ1n) is 7.87. The summed E-state index contributed by atoms with van der Waals surface area (Å²) in [5.41, 5.74) is -1.64. The molecule has 8 heteroatoms. The Labute approximate surface area is 134 Å². The zero-order chi connectivity index (χ0) is 19.3. The number of azo groups is 1. The molecule has 0 aliphatic rings. The fourth-order valence-electron chi connectivity index (χ4n) is 1.26. The molecule has 1 N–H and O–H groups in total. The molecule has 0 unspecified atom stereocenters. The maximum atomic E-state index is 12.2. The van der Waals surface area contributed by atoms with Crippen LogP contribution in [0.25, 0.3) is 0 Å². The molecule has 0 rings (SSSR count). The SMILES string of the molecule is [3H]C([3H])(C[C@H](NC(=O)OC(C)(C)C)C(=O)OC(C)(C)C)[N+]([O-])=NC. The van der Waals surface area contributed by atoms with E-state index in [1.54, 1.807) is 41.5 Å². The van der Waals surface area contributed by atoms with Crippen molar-refractivity contribution in [1.82, 2.24) is 5.32 Å². The van der Waals surface area contributed by atoms with Crippen LogP contribution in [0.3, 0.4) is 0 Å². The van der Waals surface area contributed by atoms with E-state index in [9.17, 15) is 14.8 Å². The zero-order valence-corrected chi connectivity index (χ0v) is 14.2. The number of rotatable bonds is 5. The molecule has 1 amide bonds. The standard InChI is InChI=1S/C14H27N3O5/c1-13(2,3)21-11(18)10(8-9-17(20)15-7)16-12(19)22-14(4,5)6/h10H,8-9H2,1-7H3,(H,16,19)/t10-/m0/s1/i9T2. The number of ether oxygens (including phenoxy) is 2. The molecule has 0 saturated heterocycles. The van der Waals surface area contributed by atoms with E-state index in [1.807, 2.05) is 0 Å². The summed E-state index contributed by atoms with van der Waals surface area (Å²) in [6.07, 6.45) is -1.57. The molecular formula is C14H27N3O5. The van der Waals surface area contributed by atoms with Gasteiger partial charge in [0.2, 0.25) is 0 Å². The van der Waals surface area contributed by atoms with Crippen LogP contribution in [0.5, 0.6) is 0 Å². The van der Waals surface area contributed by atoms with Crippen molar-refractivity contribution >= 4 is 12.1 Å². The van der Waals surface area contributed by atoms with Gasteiger partial charge in [-0.2, -0.15) is 0 Å². The highest BCUT2D eigenvalue weighted by Gasteiger charge is 2.29. The van der Waals surface area contributed by atoms with Crippen LogP contribution in [0.4, 0.5) is 4.79 Å². The van der Waals surface area contributed by atoms with Crippen molar-refractivity contribution in [2.75, 3.05) is 13.5 Å². The van der Waals surface area contributed by atoms with Gasteiger partial charge in [-0.05, 0) is 46.7 Å². The molecule has 22 heavy (non-hydrogen) atoms. The lowest BCUT2D eigenvalue weighted by Gasteiger charge is -2.25. The molecule has 0 bridgehead atoms. The maximum absolute atomic E-state index is 12.2. The van der Waals surface area contributed by atoms with Crippen LogP contribution in [-0.2, 0) is 14.3 Å². The number of alkyl carbamates (subject to hydrolysis) is 1. The van der Waals surface area contributed by atoms with E-state index in [1.165, 1.54) is 0 Å². The third-order valence-corrected chi connectivity index (χ3v) is 1.99. The summed E-state index contributed by atoms with van der Waals surface area (Å²) in [6.45, 7) is 7.31. The van der Waals surface area contributed by atoms with E-state index in [-0.39, 0.29) is 4.86 Å². The van der Waals surface area contributed by atoms with Gasteiger partial charge in [0.25, 0.3) is 0 Å². The number of carbonyl (C=O) groups excluding carboxylic acids is 2. The molecule has 128 valence electrons. The highest BCUT2D eigenvalue weighted by atomic mass is 16.6. The van der Waals surface area contributed by atoms with E-state index >= 15 is 0 Å². The molecule has 0 aromatic carbocycles. The molecule has 0 aromatic rings. The molecule has 0 radical (unpaired) electrons. The second-order valence-corrected chi connectivity index (χ2v) is 6.57. The first-order valence-corrected chi connectivity index (χ1v) is 6.87. The summed E-state index contributed by atoms with van der Waals surface area (Å²) in [5.74, 6) is -0.873. The molecule has 8 nitrogen and oxygen atoms in total. The Balaban J connectivity index is 5.30. The van der Waals surface area contributed by atoms with Crippen LogP contribution in [0.2, 0.25) is 0 Å². The smallest absolute Gasteiger partial charge is 0.408 e. The van der Waals surface area contributed by atoms with Crippen molar-refractivity contribution in [2.45, 2.75) is 65.2 Å². The van der Waals surface area contributed by atoms with Crippen molar-refractivity contribution < 1.29 is 26.7 Å². The predicted octanol–water partition coefficient (Wildman–Crippen LogP) is 2.20. The van der Waals surface area contributed by atoms with E-state index in [2.05, 4.69) is 10.4 Å². The summed E-state index contributed by atoms with van der Waals surface area (Å²) < 4.78 is 25.6. The number of hydrogen-bond donors (Lipinski definition) is 1. The highest BCUT2D eigenvalue weighted by molar-refractivity contribution is 5.81. The lowest BCUT2D eigenvalue weighted by atomic mass is 10.1. The van der Waals surface area contributed by atoms with Crippen molar-refractivity contribution in [3.05, 3.63) is 5.21 Å². The van der Waals surface area contributed by atoms with Gasteiger partial charge in [0, 0.05) is 6.42 Å². The summed E-state index contributed by atoms with van der Waals surface area (Å²) in [7, 11) is 1.12. The number of nitrogens with one attached hydrogen (secondary N) is 1. The largest absolute Gasteiger partial charge is 0.600 e. The Morgan fingerprint density at radius 3 is 2.14 bits per heavy atom. The van der Waals surface area contributed by atoms with Crippen molar-refractivity contribution in [3.63, 3.8) is 0 Å². The number of esters is 1. The zero-order valence-electron chi connectivity index (χ0n) is 16.2. The molecular weight excluding hydrogens is 290 g/mol. The third-order valence-electron chi connectivity index (χ3n) is 1.99. The van der Waals surface area contributed by atoms with Crippen LogP contribution in [0.1, 0.15) is 50.7 Å². The molecule has 0 aliphatic carbocycles. The first kappa shape index (κ1) is 16.5. The van der Waals surface area contributed by atoms with Gasteiger partial charge in [-0.1, -0.05) is 4.86 Å². The van der Waals surface area contributed by atoms with Gasteiger partial charge in [-0.15, -0.1) is 0 Å². The van der Waals surface area contributed by atoms with Gasteiger partial charge in [0.15, 0.2) is 6.50 Å². The van der Waals surface area contributed by atoms with Gasteiger partial charge in [-0.25, -0.2) is 9.59 Å². The van der Waals surface area contributed by atoms with E-state index in [0.29, 0.717) is 0 Å². The Hall–Kier alpha value is -1.86. The van der Waals surface area contributed by atoms with Crippen molar-refractivity contribution in [2.24, 2.45) is 5.11 Å². The number of amides is 1. The fourth-order valence-corrected chi connectivity index (χ4v) is 1.26. The molecule has 0 fully saturated rings. The summed E-state index contributed by atoms with van der Waals surface area (Å²) in [6, 6.07) is -1.41. The van der Waals surface area contributed by atoms with Gasteiger partial charge in [0.05, 0.1) is 7.05 Å². The quantitative estimate of drug-likeness (QED) is 0.362. The van der Waals surface area contributed by atoms with E-state index in [0.717, 1.165) is 7.05 Å². The summed E-state index contributed by atoms with van der Waals surface area (Å²) in [5, 5.41) is 16.9. The minimum absolute atomic E-state index is 0.166. The molecule has 0 spiro atoms. The number of carbonyl (C=O) groups is 2. The Morgan fingerprint density at radius 1 is 1.23 bits per heavy atom. The van der Waals surface area contributed by atoms with Gasteiger partial charge < -0.3 is 20.0 Å². The van der Waals surface area contributed by atoms with Crippen LogP contribution in [-0.4, -0.2) is 47.7 Å². The molecule has 1 atom stereocenters. The van der Waals surface area contributed by atoms with Gasteiger partial charge in [-0.3, -0.25) is 0 Å². The summed E-state index contributed by atoms with van der Waals surface area (Å²) in [4.78, 5) is 24.0. The summed E-state index contributed by atoms with van der Waals surface area (Å²) >= 11 is 0. The topological polar surface area (TPSA) is 103 Å². The highest BCUT2D eigenvalue weighted by Crippen LogP contribution is 2.11. The third kappa shape index (κ3) is 9.95. The van der Waals surface area contributed by atoms with Crippen LogP contribution < -0.4 is 5.32 Å². The minimum atomic E-state index is -2.51. The first-order chi connectivity index (χ1) is 10.6. The van der Waals surface area contributed by atoms with Crippen LogP contribution >= 0.6 is 0 Å². The van der Waals surface area contributed by atoms with Gasteiger partial charge >= 0.3 is 12.1 Å². The van der Waals surface area contributed by atoms with Gasteiger partial charge in [0.1, 0.15) is 20.0 Å². The lowest BCUT2D eigenvalue weighted by molar-refractivity contribution is -0.529. The molecule has 0 heterocycles. The van der Waals surface area contributed by atoms with Crippen LogP contribution in [0.15, 0.2) is 5.11 Å². The van der Waals surface area contributed by atoms with Crippen LogP contribution in [0, 0.1) is 5.21 Å². The lowest BCUT2D eigenvalue weighted by Crippen LogP contribution is -2.46. The number of nitrogens with zero attached hydrogens (tertiary/aromatic N) is 2. The Kier molecular flexibility index (Phi) is 5.97. The second kappa shape index (κ2) is 7.95. The normalized spacial score (nSPS) is 16.2. The average Bonchev–Trinajstić information content (AvgIpc) is 2.32.